The Kier molecular flexibility index (Phi) is 29.7. The number of carbonyl (C=O) groups is 10. The minimum absolute atomic E-state index is 0.0314. The fraction of sp³-hybridized carbons (Fsp3) is 0.673. The Morgan fingerprint density at radius 1 is 0.645 bits per heavy atom. The Labute approximate surface area is 444 Å². The average Bonchev–Trinajstić information content (AvgIpc) is 3.35. The van der Waals surface area contributed by atoms with Crippen LogP contribution >= 0.6 is 0 Å². The van der Waals surface area contributed by atoms with E-state index in [0.717, 1.165) is 0 Å². The van der Waals surface area contributed by atoms with Crippen LogP contribution < -0.4 is 76.1 Å². The number of aliphatic hydroxyl groups is 2. The molecule has 0 aromatic heterocycles. The summed E-state index contributed by atoms with van der Waals surface area (Å²) in [6, 6.07) is -4.50. The second-order valence-electron chi connectivity index (χ2n) is 19.6. The normalized spacial score (nSPS) is 23.5. The number of hydrogen-bond donors (Lipinski definition) is 16. The molecule has 1 fully saturated rings. The molecule has 2 rings (SSSR count). The van der Waals surface area contributed by atoms with Gasteiger partial charge in [-0.2, -0.15) is 0 Å². The lowest BCUT2D eigenvalue weighted by molar-refractivity contribution is -0.136. The SMILES string of the molecule is CC(C)C[C@@H]1NC(=O)[C@@H](Cc2ccccc2)NC(=O)[C@H](CCN)NC(=O)[C@@H](NC(=O)[C@H](CCN)NC(=O)[C@@H](NC(=O)CCCN(C)C)C(C)O)CCNC(=O)[C@H](C(C)O)NC(=O)[C@H](CCN)NC(=O)[C@H](CCN)NC1=O. The molecule has 2 unspecified atom stereocenters. The number of nitrogens with zero attached hydrogens (tertiary/aromatic N) is 1. The third kappa shape index (κ3) is 23.3. The number of rotatable bonds is 23. The maximum atomic E-state index is 14.4. The van der Waals surface area contributed by atoms with Crippen LogP contribution in [0.3, 0.4) is 0 Å². The quantitative estimate of drug-likeness (QED) is 0.0485. The third-order valence-electron chi connectivity index (χ3n) is 12.1. The molecule has 0 aliphatic carbocycles. The molecule has 10 amide bonds. The van der Waals surface area contributed by atoms with Crippen LogP contribution in [-0.2, 0) is 54.4 Å². The predicted octanol–water partition coefficient (Wildman–Crippen LogP) is -6.34. The third-order valence-corrected chi connectivity index (χ3v) is 12.1. The molecule has 1 heterocycles. The van der Waals surface area contributed by atoms with Crippen LogP contribution in [0.1, 0.15) is 84.6 Å². The second-order valence-corrected chi connectivity index (χ2v) is 19.6. The summed E-state index contributed by atoms with van der Waals surface area (Å²) in [7, 11) is 3.65. The van der Waals surface area contributed by atoms with Crippen LogP contribution in [0.2, 0.25) is 0 Å². The zero-order chi connectivity index (χ0) is 57.1. The van der Waals surface area contributed by atoms with Crippen LogP contribution in [-0.4, -0.2) is 194 Å². The first-order valence-corrected chi connectivity index (χ1v) is 25.8. The van der Waals surface area contributed by atoms with Gasteiger partial charge in [0.15, 0.2) is 0 Å². The molecule has 27 heteroatoms. The number of aliphatic hydroxyl groups excluding tert-OH is 2. The lowest BCUT2D eigenvalue weighted by atomic mass is 10.00. The highest BCUT2D eigenvalue weighted by atomic mass is 16.3. The van der Waals surface area contributed by atoms with Crippen molar-refractivity contribution >= 4 is 59.1 Å². The van der Waals surface area contributed by atoms with Gasteiger partial charge in [0.05, 0.1) is 12.2 Å². The summed E-state index contributed by atoms with van der Waals surface area (Å²) in [6.45, 7) is 5.64. The van der Waals surface area contributed by atoms with E-state index in [1.807, 2.05) is 19.0 Å². The van der Waals surface area contributed by atoms with Gasteiger partial charge >= 0.3 is 0 Å². The zero-order valence-corrected chi connectivity index (χ0v) is 44.7. The van der Waals surface area contributed by atoms with Gasteiger partial charge in [-0.05, 0) is 117 Å². The molecule has 76 heavy (non-hydrogen) atoms. The number of amides is 10. The number of nitrogens with one attached hydrogen (secondary N) is 10. The molecule has 1 aromatic rings. The highest BCUT2D eigenvalue weighted by Gasteiger charge is 2.37. The molecular weight excluding hydrogens is 991 g/mol. The number of hydrogen-bond acceptors (Lipinski definition) is 17. The van der Waals surface area contributed by atoms with Crippen LogP contribution in [0, 0.1) is 5.92 Å². The Bertz CT molecular complexity index is 2060. The second kappa shape index (κ2) is 34.3. The highest BCUT2D eigenvalue weighted by molar-refractivity contribution is 5.99. The van der Waals surface area contributed by atoms with Crippen LogP contribution in [0.15, 0.2) is 30.3 Å². The summed E-state index contributed by atoms with van der Waals surface area (Å²) in [5.41, 5.74) is 24.1. The lowest BCUT2D eigenvalue weighted by Gasteiger charge is -2.28. The first kappa shape index (κ1) is 65.8. The standard InChI is InChI=1S/C49H85N15O12/c1-27(2)25-36-46(73)57-31(14-19-50)41(68)56-34(17-22-53)45(72)63-39(28(3)65)48(75)54-23-18-35(44(71)55-32(15-20-51)43(70)61-37(47(74)60-36)26-30-11-8-7-9-12-30)58-42(69)33(16-21-52)59-49(76)40(29(4)66)62-38(67)13-10-24-64(5)6/h7-9,11-12,27-29,31-37,39-40,65-66H,10,13-26,50-53H2,1-6H3,(H,54,75)(H,55,71)(H,56,68)(H,57,73)(H,58,69)(H,59,76)(H,60,74)(H,61,70)(H,62,67)(H,63,72)/t28?,29?,31-,32-,33-,34-,35-,36-,37+,39-,40-/m0/s1. The van der Waals surface area contributed by atoms with Gasteiger partial charge < -0.3 is 91.2 Å². The van der Waals surface area contributed by atoms with Crippen molar-refractivity contribution in [2.75, 3.05) is 53.4 Å². The van der Waals surface area contributed by atoms with Crippen LogP contribution in [0.25, 0.3) is 0 Å². The van der Waals surface area contributed by atoms with E-state index in [4.69, 9.17) is 22.9 Å². The molecule has 0 bridgehead atoms. The van der Waals surface area contributed by atoms with Gasteiger partial charge in [0, 0.05) is 19.4 Å². The summed E-state index contributed by atoms with van der Waals surface area (Å²) in [4.78, 5) is 141. The maximum Gasteiger partial charge on any atom is 0.245 e. The van der Waals surface area contributed by atoms with Crippen molar-refractivity contribution < 1.29 is 58.2 Å². The Morgan fingerprint density at radius 3 is 1.64 bits per heavy atom. The van der Waals surface area contributed by atoms with E-state index in [-0.39, 0.29) is 77.0 Å². The van der Waals surface area contributed by atoms with Gasteiger partial charge in [-0.25, -0.2) is 0 Å². The van der Waals surface area contributed by atoms with Gasteiger partial charge in [0.1, 0.15) is 54.4 Å². The number of carbonyl (C=O) groups excluding carboxylic acids is 10. The predicted molar refractivity (Wildman–Crippen MR) is 280 cm³/mol. The molecular formula is C49H85N15O12. The van der Waals surface area contributed by atoms with Gasteiger partial charge in [-0.1, -0.05) is 44.2 Å². The molecule has 1 aliphatic heterocycles. The Hall–Kier alpha value is -6.36. The van der Waals surface area contributed by atoms with Crippen molar-refractivity contribution in [2.45, 2.75) is 152 Å². The molecule has 1 saturated heterocycles. The minimum atomic E-state index is -1.66. The highest BCUT2D eigenvalue weighted by Crippen LogP contribution is 2.11. The minimum Gasteiger partial charge on any atom is -0.391 e. The summed E-state index contributed by atoms with van der Waals surface area (Å²) in [5.74, 6) is -8.88. The van der Waals surface area contributed by atoms with Crippen molar-refractivity contribution in [3.63, 3.8) is 0 Å². The fourth-order valence-corrected chi connectivity index (χ4v) is 7.98. The van der Waals surface area contributed by atoms with E-state index in [2.05, 4.69) is 53.2 Å². The molecule has 0 saturated carbocycles. The number of benzene rings is 1. The van der Waals surface area contributed by atoms with Crippen molar-refractivity contribution in [3.8, 4) is 0 Å². The van der Waals surface area contributed by atoms with E-state index in [1.54, 1.807) is 44.2 Å². The fourth-order valence-electron chi connectivity index (χ4n) is 7.98. The monoisotopic (exact) mass is 1080 g/mol. The van der Waals surface area contributed by atoms with Gasteiger partial charge in [0.2, 0.25) is 59.1 Å². The van der Waals surface area contributed by atoms with Crippen molar-refractivity contribution in [1.82, 2.24) is 58.1 Å². The van der Waals surface area contributed by atoms with Crippen molar-refractivity contribution in [2.24, 2.45) is 28.9 Å². The van der Waals surface area contributed by atoms with E-state index in [9.17, 15) is 58.2 Å². The zero-order valence-electron chi connectivity index (χ0n) is 44.7. The van der Waals surface area contributed by atoms with E-state index in [1.165, 1.54) is 13.8 Å². The maximum absolute atomic E-state index is 14.4. The van der Waals surface area contributed by atoms with Crippen molar-refractivity contribution in [3.05, 3.63) is 35.9 Å². The average molecular weight is 1080 g/mol. The molecule has 1 aromatic carbocycles. The molecule has 20 N–H and O–H groups in total. The summed E-state index contributed by atoms with van der Waals surface area (Å²) in [6.07, 6.45) is -3.61. The van der Waals surface area contributed by atoms with Crippen molar-refractivity contribution in [1.29, 1.82) is 0 Å². The van der Waals surface area contributed by atoms with E-state index < -0.39 is 139 Å². The largest absolute Gasteiger partial charge is 0.391 e. The molecule has 0 radical (unpaired) electrons. The summed E-state index contributed by atoms with van der Waals surface area (Å²) >= 11 is 0. The van der Waals surface area contributed by atoms with Crippen LogP contribution in [0.5, 0.6) is 0 Å². The first-order valence-electron chi connectivity index (χ1n) is 25.8. The lowest BCUT2D eigenvalue weighted by Crippen LogP contribution is -2.61. The van der Waals surface area contributed by atoms with E-state index >= 15 is 0 Å². The van der Waals surface area contributed by atoms with Gasteiger partial charge in [0.25, 0.3) is 0 Å². The molecule has 27 nitrogen and oxygen atoms in total. The number of nitrogens with two attached hydrogens (primary N) is 4. The summed E-state index contributed by atoms with van der Waals surface area (Å²) in [5, 5.41) is 46.8. The Balaban J connectivity index is 2.72. The topological polar surface area (TPSA) is 439 Å². The molecule has 11 atom stereocenters. The van der Waals surface area contributed by atoms with Gasteiger partial charge in [-0.15, -0.1) is 0 Å². The summed E-state index contributed by atoms with van der Waals surface area (Å²) < 4.78 is 0. The van der Waals surface area contributed by atoms with E-state index in [0.29, 0.717) is 18.5 Å². The molecule has 0 spiro atoms. The van der Waals surface area contributed by atoms with Gasteiger partial charge in [-0.3, -0.25) is 47.9 Å². The molecule has 428 valence electrons. The van der Waals surface area contributed by atoms with Crippen LogP contribution in [0.4, 0.5) is 0 Å². The smallest absolute Gasteiger partial charge is 0.245 e. The first-order chi connectivity index (χ1) is 36.0. The molecule has 1 aliphatic rings. The Morgan fingerprint density at radius 2 is 1.14 bits per heavy atom.